The summed E-state index contributed by atoms with van der Waals surface area (Å²) in [5.41, 5.74) is -0.562. The van der Waals surface area contributed by atoms with Crippen LogP contribution in [-0.2, 0) is 6.18 Å². The minimum absolute atomic E-state index is 0.226. The van der Waals surface area contributed by atoms with Gasteiger partial charge in [-0.2, -0.15) is 13.2 Å². The summed E-state index contributed by atoms with van der Waals surface area (Å²) in [6, 6.07) is 3.42. The summed E-state index contributed by atoms with van der Waals surface area (Å²) in [7, 11) is 0. The van der Waals surface area contributed by atoms with Gasteiger partial charge in [-0.05, 0) is 49.3 Å². The molecule has 1 atom stereocenters. The average molecular weight is 301 g/mol. The Labute approximate surface area is 121 Å². The molecule has 1 unspecified atom stereocenters. The maximum absolute atomic E-state index is 13.3. The van der Waals surface area contributed by atoms with Crippen LogP contribution in [0.1, 0.15) is 50.5 Å². The molecule has 2 aliphatic carbocycles. The molecule has 0 aliphatic heterocycles. The number of alkyl halides is 3. The summed E-state index contributed by atoms with van der Waals surface area (Å²) >= 11 is 0. The Morgan fingerprint density at radius 1 is 1.05 bits per heavy atom. The molecular formula is C16H19F4N. The molecule has 0 bridgehead atoms. The third-order valence-corrected chi connectivity index (χ3v) is 5.13. The largest absolute Gasteiger partial charge is 0.419 e. The van der Waals surface area contributed by atoms with Gasteiger partial charge in [-0.25, -0.2) is 4.39 Å². The summed E-state index contributed by atoms with van der Waals surface area (Å²) in [5.74, 6) is -1.21. The first-order valence-electron chi connectivity index (χ1n) is 7.54. The highest BCUT2D eigenvalue weighted by atomic mass is 19.4. The lowest BCUT2D eigenvalue weighted by atomic mass is 9.57. The molecule has 2 aliphatic rings. The van der Waals surface area contributed by atoms with E-state index < -0.39 is 17.6 Å². The van der Waals surface area contributed by atoms with E-state index in [2.05, 4.69) is 5.32 Å². The molecule has 0 heterocycles. The summed E-state index contributed by atoms with van der Waals surface area (Å²) in [6.45, 7) is 0. The van der Waals surface area contributed by atoms with E-state index in [9.17, 15) is 17.6 Å². The Kier molecular flexibility index (Phi) is 3.62. The number of hydrogen-bond acceptors (Lipinski definition) is 1. The van der Waals surface area contributed by atoms with Crippen LogP contribution >= 0.6 is 0 Å². The molecule has 116 valence electrons. The van der Waals surface area contributed by atoms with Crippen LogP contribution in [0, 0.1) is 11.2 Å². The van der Waals surface area contributed by atoms with E-state index in [1.165, 1.54) is 25.3 Å². The van der Waals surface area contributed by atoms with Gasteiger partial charge in [0.25, 0.3) is 0 Å². The highest BCUT2D eigenvalue weighted by Gasteiger charge is 2.46. The Morgan fingerprint density at radius 3 is 2.33 bits per heavy atom. The van der Waals surface area contributed by atoms with E-state index in [1.807, 2.05) is 0 Å². The minimum atomic E-state index is -4.65. The standard InChI is InChI=1S/C16H19F4N/c17-13-5-4-11(10-12(13)16(18,19)20)21-14-6-9-15(14)7-2-1-3-8-15/h4-5,10,14,21H,1-3,6-9H2. The normalized spacial score (nSPS) is 24.7. The Hall–Kier alpha value is -1.26. The van der Waals surface area contributed by atoms with Gasteiger partial charge in [0.1, 0.15) is 5.82 Å². The highest BCUT2D eigenvalue weighted by molar-refractivity contribution is 5.48. The van der Waals surface area contributed by atoms with Crippen molar-refractivity contribution in [2.24, 2.45) is 5.41 Å². The van der Waals surface area contributed by atoms with Crippen molar-refractivity contribution in [1.29, 1.82) is 0 Å². The molecule has 2 fully saturated rings. The van der Waals surface area contributed by atoms with E-state index in [4.69, 9.17) is 0 Å². The molecule has 1 N–H and O–H groups in total. The van der Waals surface area contributed by atoms with E-state index in [0.29, 0.717) is 5.69 Å². The van der Waals surface area contributed by atoms with Gasteiger partial charge < -0.3 is 5.32 Å². The monoisotopic (exact) mass is 301 g/mol. The molecule has 3 rings (SSSR count). The van der Waals surface area contributed by atoms with Gasteiger partial charge in [-0.3, -0.25) is 0 Å². The quantitative estimate of drug-likeness (QED) is 0.724. The number of nitrogens with one attached hydrogen (secondary N) is 1. The molecule has 1 aromatic carbocycles. The van der Waals surface area contributed by atoms with Gasteiger partial charge in [0.2, 0.25) is 0 Å². The average Bonchev–Trinajstić information content (AvgIpc) is 2.45. The molecule has 21 heavy (non-hydrogen) atoms. The van der Waals surface area contributed by atoms with Gasteiger partial charge in [-0.1, -0.05) is 19.3 Å². The van der Waals surface area contributed by atoms with Crippen molar-refractivity contribution >= 4 is 5.69 Å². The fourth-order valence-corrected chi connectivity index (χ4v) is 3.81. The van der Waals surface area contributed by atoms with E-state index in [0.717, 1.165) is 37.8 Å². The van der Waals surface area contributed by atoms with Crippen molar-refractivity contribution < 1.29 is 17.6 Å². The molecule has 2 saturated carbocycles. The molecule has 0 amide bonds. The molecule has 0 radical (unpaired) electrons. The molecular weight excluding hydrogens is 282 g/mol. The first-order valence-corrected chi connectivity index (χ1v) is 7.54. The zero-order chi connectivity index (χ0) is 15.1. The smallest absolute Gasteiger partial charge is 0.382 e. The van der Waals surface area contributed by atoms with Crippen molar-refractivity contribution in [2.45, 2.75) is 57.2 Å². The van der Waals surface area contributed by atoms with Crippen molar-refractivity contribution in [2.75, 3.05) is 5.32 Å². The van der Waals surface area contributed by atoms with Crippen molar-refractivity contribution in [1.82, 2.24) is 0 Å². The predicted molar refractivity (Wildman–Crippen MR) is 73.6 cm³/mol. The van der Waals surface area contributed by atoms with Crippen LogP contribution in [-0.4, -0.2) is 6.04 Å². The van der Waals surface area contributed by atoms with E-state index >= 15 is 0 Å². The third kappa shape index (κ3) is 2.74. The van der Waals surface area contributed by atoms with Crippen molar-refractivity contribution in [3.05, 3.63) is 29.6 Å². The number of anilines is 1. The SMILES string of the molecule is Fc1ccc(NC2CCC23CCCCC3)cc1C(F)(F)F. The topological polar surface area (TPSA) is 12.0 Å². The van der Waals surface area contributed by atoms with Gasteiger partial charge in [0.05, 0.1) is 5.56 Å². The summed E-state index contributed by atoms with van der Waals surface area (Å²) in [6.07, 6.45) is 3.45. The second kappa shape index (κ2) is 5.18. The molecule has 1 nitrogen and oxygen atoms in total. The minimum Gasteiger partial charge on any atom is -0.382 e. The van der Waals surface area contributed by atoms with Crippen LogP contribution in [0.4, 0.5) is 23.2 Å². The zero-order valence-electron chi connectivity index (χ0n) is 11.8. The molecule has 0 saturated heterocycles. The third-order valence-electron chi connectivity index (χ3n) is 5.13. The maximum atomic E-state index is 13.3. The molecule has 1 aromatic rings. The van der Waals surface area contributed by atoms with Crippen molar-refractivity contribution in [3.63, 3.8) is 0 Å². The number of rotatable bonds is 2. The lowest BCUT2D eigenvalue weighted by Crippen LogP contribution is -2.50. The second-order valence-electron chi connectivity index (χ2n) is 6.35. The first kappa shape index (κ1) is 14.7. The van der Waals surface area contributed by atoms with E-state index in [1.54, 1.807) is 0 Å². The van der Waals surface area contributed by atoms with Gasteiger partial charge in [0, 0.05) is 11.7 Å². The lowest BCUT2D eigenvalue weighted by molar-refractivity contribution is -0.139. The summed E-state index contributed by atoms with van der Waals surface area (Å²) in [5, 5.41) is 3.21. The van der Waals surface area contributed by atoms with Gasteiger partial charge >= 0.3 is 6.18 Å². The zero-order valence-corrected chi connectivity index (χ0v) is 11.8. The fourth-order valence-electron chi connectivity index (χ4n) is 3.81. The van der Waals surface area contributed by atoms with Crippen LogP contribution in [0.3, 0.4) is 0 Å². The number of hydrogen-bond donors (Lipinski definition) is 1. The Balaban J connectivity index is 1.76. The van der Waals surface area contributed by atoms with Gasteiger partial charge in [-0.15, -0.1) is 0 Å². The van der Waals surface area contributed by atoms with Crippen molar-refractivity contribution in [3.8, 4) is 0 Å². The van der Waals surface area contributed by atoms with E-state index in [-0.39, 0.29) is 11.5 Å². The summed E-state index contributed by atoms with van der Waals surface area (Å²) in [4.78, 5) is 0. The number of halogens is 4. The summed E-state index contributed by atoms with van der Waals surface area (Å²) < 4.78 is 51.5. The van der Waals surface area contributed by atoms with Crippen LogP contribution < -0.4 is 5.32 Å². The van der Waals surface area contributed by atoms with Crippen LogP contribution in [0.25, 0.3) is 0 Å². The lowest BCUT2D eigenvalue weighted by Gasteiger charge is -2.52. The number of benzene rings is 1. The predicted octanol–water partition coefficient (Wildman–Crippen LogP) is 5.37. The molecule has 1 spiro atoms. The molecule has 0 aromatic heterocycles. The first-order chi connectivity index (χ1) is 9.91. The molecule has 5 heteroatoms. The Morgan fingerprint density at radius 2 is 1.76 bits per heavy atom. The fraction of sp³-hybridized carbons (Fsp3) is 0.625. The van der Waals surface area contributed by atoms with Crippen LogP contribution in [0.2, 0.25) is 0 Å². The Bertz CT molecular complexity index is 517. The van der Waals surface area contributed by atoms with Crippen LogP contribution in [0.15, 0.2) is 18.2 Å². The van der Waals surface area contributed by atoms with Gasteiger partial charge in [0.15, 0.2) is 0 Å². The second-order valence-corrected chi connectivity index (χ2v) is 6.35. The maximum Gasteiger partial charge on any atom is 0.419 e. The van der Waals surface area contributed by atoms with Crippen LogP contribution in [0.5, 0.6) is 0 Å². The highest BCUT2D eigenvalue weighted by Crippen LogP contribution is 2.52.